The van der Waals surface area contributed by atoms with Gasteiger partial charge in [0.1, 0.15) is 5.75 Å². The van der Waals surface area contributed by atoms with Gasteiger partial charge in [-0.1, -0.05) is 0 Å². The Balaban J connectivity index is 2.00. The van der Waals surface area contributed by atoms with Crippen LogP contribution in [0.3, 0.4) is 0 Å². The summed E-state index contributed by atoms with van der Waals surface area (Å²) in [5, 5.41) is 16.0. The zero-order valence-electron chi connectivity index (χ0n) is 12.4. The van der Waals surface area contributed by atoms with Crippen LogP contribution in [0.4, 0.5) is 11.4 Å². The average Bonchev–Trinajstić information content (AvgIpc) is 2.55. The fraction of sp³-hybridized carbons (Fsp3) is 0.0667. The first kappa shape index (κ1) is 18.1. The lowest BCUT2D eigenvalue weighted by Gasteiger charge is -2.10. The first-order valence-corrected chi connectivity index (χ1v) is 8.09. The van der Waals surface area contributed by atoms with Gasteiger partial charge in [0.25, 0.3) is 11.6 Å². The van der Waals surface area contributed by atoms with E-state index in [0.717, 1.165) is 3.57 Å². The summed E-state index contributed by atoms with van der Waals surface area (Å²) in [6.07, 6.45) is 0. The van der Waals surface area contributed by atoms with Crippen molar-refractivity contribution in [2.75, 3.05) is 12.4 Å². The van der Waals surface area contributed by atoms with Crippen LogP contribution in [0.1, 0.15) is 10.4 Å². The number of carbonyl (C=O) groups is 1. The Labute approximate surface area is 156 Å². The lowest BCUT2D eigenvalue weighted by molar-refractivity contribution is -0.384. The second kappa shape index (κ2) is 8.02. The molecular weight excluding hydrogens is 445 g/mol. The molecule has 0 bridgehead atoms. The van der Waals surface area contributed by atoms with E-state index in [2.05, 4.69) is 33.2 Å². The molecule has 0 fully saturated rings. The molecule has 2 N–H and O–H groups in total. The highest BCUT2D eigenvalue weighted by atomic mass is 127. The topological polar surface area (TPSA) is 93.5 Å². The molecule has 0 aliphatic rings. The third-order valence-corrected chi connectivity index (χ3v) is 4.02. The summed E-state index contributed by atoms with van der Waals surface area (Å²) in [4.78, 5) is 22.3. The molecule has 0 saturated heterocycles. The molecule has 0 aliphatic carbocycles. The first-order chi connectivity index (χ1) is 11.4. The first-order valence-electron chi connectivity index (χ1n) is 6.61. The van der Waals surface area contributed by atoms with Gasteiger partial charge < -0.3 is 10.1 Å². The van der Waals surface area contributed by atoms with Crippen molar-refractivity contribution in [3.8, 4) is 5.75 Å². The zero-order chi connectivity index (χ0) is 17.7. The van der Waals surface area contributed by atoms with Gasteiger partial charge in [0.2, 0.25) is 0 Å². The van der Waals surface area contributed by atoms with Gasteiger partial charge in [-0.3, -0.25) is 20.2 Å². The predicted octanol–water partition coefficient (Wildman–Crippen LogP) is 3.33. The molecule has 0 radical (unpaired) electrons. The highest BCUT2D eigenvalue weighted by Gasteiger charge is 2.11. The van der Waals surface area contributed by atoms with Gasteiger partial charge in [0, 0.05) is 23.4 Å². The van der Waals surface area contributed by atoms with Crippen molar-refractivity contribution < 1.29 is 14.5 Å². The lowest BCUT2D eigenvalue weighted by atomic mass is 10.2. The maximum Gasteiger partial charge on any atom is 0.269 e. The van der Waals surface area contributed by atoms with Gasteiger partial charge in [-0.25, -0.2) is 0 Å². The SMILES string of the molecule is COc1ccc(C(=O)NC(=S)Nc2ccc([N+](=O)[O-])cc2)cc1I. The second-order valence-corrected chi connectivity index (χ2v) is 6.13. The minimum absolute atomic E-state index is 0.0247. The van der Waals surface area contributed by atoms with Crippen LogP contribution in [0.15, 0.2) is 42.5 Å². The number of rotatable bonds is 4. The molecule has 0 unspecified atom stereocenters. The van der Waals surface area contributed by atoms with Gasteiger partial charge in [-0.15, -0.1) is 0 Å². The van der Waals surface area contributed by atoms with Crippen LogP contribution in [0.25, 0.3) is 0 Å². The van der Waals surface area contributed by atoms with Gasteiger partial charge in [-0.05, 0) is 65.1 Å². The smallest absolute Gasteiger partial charge is 0.269 e. The van der Waals surface area contributed by atoms with Crippen molar-refractivity contribution in [3.63, 3.8) is 0 Å². The molecule has 24 heavy (non-hydrogen) atoms. The van der Waals surface area contributed by atoms with E-state index in [1.165, 1.54) is 24.3 Å². The summed E-state index contributed by atoms with van der Waals surface area (Å²) >= 11 is 7.15. The molecule has 2 aromatic rings. The number of nitrogens with one attached hydrogen (secondary N) is 2. The summed E-state index contributed by atoms with van der Waals surface area (Å²) in [7, 11) is 1.56. The monoisotopic (exact) mass is 457 g/mol. The Morgan fingerprint density at radius 3 is 2.46 bits per heavy atom. The van der Waals surface area contributed by atoms with E-state index in [-0.39, 0.29) is 16.7 Å². The number of hydrogen-bond donors (Lipinski definition) is 2. The van der Waals surface area contributed by atoms with Gasteiger partial charge >= 0.3 is 0 Å². The maximum atomic E-state index is 12.2. The van der Waals surface area contributed by atoms with Gasteiger partial charge in [0.15, 0.2) is 5.11 Å². The molecule has 0 atom stereocenters. The van der Waals surface area contributed by atoms with E-state index < -0.39 is 4.92 Å². The molecule has 0 saturated carbocycles. The van der Waals surface area contributed by atoms with Crippen molar-refractivity contribution in [3.05, 3.63) is 61.7 Å². The van der Waals surface area contributed by atoms with E-state index in [4.69, 9.17) is 17.0 Å². The number of anilines is 1. The number of nitrogens with zero attached hydrogens (tertiary/aromatic N) is 1. The quantitative estimate of drug-likeness (QED) is 0.317. The molecule has 9 heteroatoms. The number of hydrogen-bond acceptors (Lipinski definition) is 5. The van der Waals surface area contributed by atoms with E-state index in [1.807, 2.05) is 0 Å². The molecule has 2 aromatic carbocycles. The van der Waals surface area contributed by atoms with Crippen LogP contribution in [0.5, 0.6) is 5.75 Å². The number of amides is 1. The average molecular weight is 457 g/mol. The molecule has 0 spiro atoms. The van der Waals surface area contributed by atoms with E-state index >= 15 is 0 Å². The minimum atomic E-state index is -0.491. The normalized spacial score (nSPS) is 9.92. The van der Waals surface area contributed by atoms with Crippen molar-refractivity contribution in [2.45, 2.75) is 0 Å². The third kappa shape index (κ3) is 4.61. The van der Waals surface area contributed by atoms with E-state index in [0.29, 0.717) is 17.0 Å². The highest BCUT2D eigenvalue weighted by molar-refractivity contribution is 14.1. The standard InChI is InChI=1S/C15H12IN3O4S/c1-23-13-7-2-9(8-12(13)16)14(20)18-15(24)17-10-3-5-11(6-4-10)19(21)22/h2-8H,1H3,(H2,17,18,20,24). The van der Waals surface area contributed by atoms with Crippen LogP contribution in [0.2, 0.25) is 0 Å². The largest absolute Gasteiger partial charge is 0.496 e. The Kier molecular flexibility index (Phi) is 6.04. The summed E-state index contributed by atoms with van der Waals surface area (Å²) in [6.45, 7) is 0. The maximum absolute atomic E-state index is 12.2. The fourth-order valence-corrected chi connectivity index (χ4v) is 2.76. The Bertz CT molecular complexity index is 796. The van der Waals surface area contributed by atoms with Crippen molar-refractivity contribution in [1.82, 2.24) is 5.32 Å². The summed E-state index contributed by atoms with van der Waals surface area (Å²) in [6, 6.07) is 10.7. The molecular formula is C15H12IN3O4S. The summed E-state index contributed by atoms with van der Waals surface area (Å²) in [5.74, 6) is 0.314. The number of halogens is 1. The number of methoxy groups -OCH3 is 1. The molecule has 0 aromatic heterocycles. The molecule has 0 heterocycles. The molecule has 124 valence electrons. The van der Waals surface area contributed by atoms with Gasteiger partial charge in [-0.2, -0.15) is 0 Å². The number of carbonyl (C=O) groups excluding carboxylic acids is 1. The molecule has 2 rings (SSSR count). The minimum Gasteiger partial charge on any atom is -0.496 e. The van der Waals surface area contributed by atoms with Crippen molar-refractivity contribution in [1.29, 1.82) is 0 Å². The van der Waals surface area contributed by atoms with Crippen molar-refractivity contribution in [2.24, 2.45) is 0 Å². The number of non-ortho nitro benzene ring substituents is 1. The number of nitro groups is 1. The zero-order valence-corrected chi connectivity index (χ0v) is 15.4. The number of nitro benzene ring substituents is 1. The number of thiocarbonyl (C=S) groups is 1. The Hall–Kier alpha value is -2.27. The predicted molar refractivity (Wildman–Crippen MR) is 102 cm³/mol. The van der Waals surface area contributed by atoms with Crippen LogP contribution >= 0.6 is 34.8 Å². The number of ether oxygens (including phenoxy) is 1. The van der Waals surface area contributed by atoms with Crippen molar-refractivity contribution >= 4 is 57.2 Å². The lowest BCUT2D eigenvalue weighted by Crippen LogP contribution is -2.34. The summed E-state index contributed by atoms with van der Waals surface area (Å²) in [5.41, 5.74) is 0.951. The molecule has 7 nitrogen and oxygen atoms in total. The Morgan fingerprint density at radius 1 is 1.25 bits per heavy atom. The van der Waals surface area contributed by atoms with E-state index in [1.54, 1.807) is 25.3 Å². The second-order valence-electron chi connectivity index (χ2n) is 4.56. The van der Waals surface area contributed by atoms with Crippen LogP contribution in [0, 0.1) is 13.7 Å². The summed E-state index contributed by atoms with van der Waals surface area (Å²) < 4.78 is 5.94. The highest BCUT2D eigenvalue weighted by Crippen LogP contribution is 2.21. The third-order valence-electron chi connectivity index (χ3n) is 2.98. The molecule has 1 amide bonds. The fourth-order valence-electron chi connectivity index (χ4n) is 1.81. The van der Waals surface area contributed by atoms with E-state index in [9.17, 15) is 14.9 Å². The Morgan fingerprint density at radius 2 is 1.92 bits per heavy atom. The van der Waals surface area contributed by atoms with Crippen LogP contribution in [-0.4, -0.2) is 23.1 Å². The number of benzene rings is 2. The van der Waals surface area contributed by atoms with Crippen LogP contribution < -0.4 is 15.4 Å². The molecule has 0 aliphatic heterocycles. The van der Waals surface area contributed by atoms with Gasteiger partial charge in [0.05, 0.1) is 15.6 Å². The van der Waals surface area contributed by atoms with Crippen LogP contribution in [-0.2, 0) is 0 Å².